The summed E-state index contributed by atoms with van der Waals surface area (Å²) in [5.41, 5.74) is 2.05. The average Bonchev–Trinajstić information content (AvgIpc) is 2.04. The molecule has 2 N–H and O–H groups in total. The van der Waals surface area contributed by atoms with Crippen LogP contribution in [0.5, 0.6) is 0 Å². The van der Waals surface area contributed by atoms with Gasteiger partial charge in [0.05, 0.1) is 6.04 Å². The van der Waals surface area contributed by atoms with Crippen molar-refractivity contribution in [2.45, 2.75) is 32.2 Å². The molecule has 1 unspecified atom stereocenters. The Bertz CT molecular complexity index is 149. The zero-order valence-electron chi connectivity index (χ0n) is 6.71. The van der Waals surface area contributed by atoms with Crippen LogP contribution in [0.25, 0.3) is 0 Å². The highest BCUT2D eigenvalue weighted by atomic mass is 16.5. The lowest BCUT2D eigenvalue weighted by Crippen LogP contribution is -2.51. The standard InChI is InChI=1S/C7H14N2O2/c1-2-6-7(10)4-3-5-9(6)8-11/h6,8,11H,2-5H2,1H3. The molecule has 0 aromatic rings. The van der Waals surface area contributed by atoms with Gasteiger partial charge in [-0.05, 0) is 12.8 Å². The average molecular weight is 158 g/mol. The number of carbonyl (C=O) groups is 1. The van der Waals surface area contributed by atoms with E-state index in [9.17, 15) is 4.79 Å². The maximum absolute atomic E-state index is 11.2. The Morgan fingerprint density at radius 1 is 1.82 bits per heavy atom. The van der Waals surface area contributed by atoms with Crippen LogP contribution in [-0.4, -0.2) is 28.6 Å². The zero-order chi connectivity index (χ0) is 8.27. The minimum Gasteiger partial charge on any atom is -0.302 e. The molecule has 1 heterocycles. The van der Waals surface area contributed by atoms with Crippen LogP contribution >= 0.6 is 0 Å². The normalized spacial score (nSPS) is 27.5. The first-order valence-corrected chi connectivity index (χ1v) is 3.98. The highest BCUT2D eigenvalue weighted by molar-refractivity contribution is 5.84. The molecule has 0 bridgehead atoms. The fraction of sp³-hybridized carbons (Fsp3) is 0.857. The molecule has 0 aromatic heterocycles. The SMILES string of the molecule is CCC1C(=O)CCCN1NO. The Hall–Kier alpha value is -0.450. The summed E-state index contributed by atoms with van der Waals surface area (Å²) in [5.74, 6) is 0.223. The van der Waals surface area contributed by atoms with Crippen LogP contribution in [0.4, 0.5) is 0 Å². The van der Waals surface area contributed by atoms with E-state index < -0.39 is 0 Å². The lowest BCUT2D eigenvalue weighted by atomic mass is 10.0. The molecule has 0 saturated carbocycles. The maximum Gasteiger partial charge on any atom is 0.151 e. The van der Waals surface area contributed by atoms with Crippen molar-refractivity contribution in [1.82, 2.24) is 10.6 Å². The second-order valence-electron chi connectivity index (χ2n) is 2.79. The fourth-order valence-corrected chi connectivity index (χ4v) is 1.49. The first-order chi connectivity index (χ1) is 5.29. The van der Waals surface area contributed by atoms with E-state index in [1.54, 1.807) is 5.01 Å². The maximum atomic E-state index is 11.2. The van der Waals surface area contributed by atoms with Crippen LogP contribution in [0, 0.1) is 0 Å². The Morgan fingerprint density at radius 2 is 2.55 bits per heavy atom. The molecule has 0 aromatic carbocycles. The second-order valence-corrected chi connectivity index (χ2v) is 2.79. The van der Waals surface area contributed by atoms with E-state index in [2.05, 4.69) is 0 Å². The van der Waals surface area contributed by atoms with Gasteiger partial charge < -0.3 is 5.21 Å². The number of carbonyl (C=O) groups excluding carboxylic acids is 1. The number of hydrogen-bond acceptors (Lipinski definition) is 4. The molecule has 0 radical (unpaired) electrons. The van der Waals surface area contributed by atoms with Crippen molar-refractivity contribution in [3.8, 4) is 0 Å². The van der Waals surface area contributed by atoms with Crippen LogP contribution in [0.3, 0.4) is 0 Å². The van der Waals surface area contributed by atoms with Crippen molar-refractivity contribution >= 4 is 5.78 Å². The number of ketones is 1. The van der Waals surface area contributed by atoms with E-state index in [0.29, 0.717) is 6.42 Å². The van der Waals surface area contributed by atoms with Crippen LogP contribution in [0.1, 0.15) is 26.2 Å². The number of hydrazine groups is 1. The van der Waals surface area contributed by atoms with Gasteiger partial charge in [0.15, 0.2) is 5.78 Å². The van der Waals surface area contributed by atoms with Crippen LogP contribution in [-0.2, 0) is 4.79 Å². The van der Waals surface area contributed by atoms with E-state index in [1.807, 2.05) is 12.5 Å². The summed E-state index contributed by atoms with van der Waals surface area (Å²) < 4.78 is 0. The number of nitrogens with one attached hydrogen (secondary N) is 1. The van der Waals surface area contributed by atoms with Gasteiger partial charge in [-0.15, -0.1) is 5.59 Å². The molecular weight excluding hydrogens is 144 g/mol. The van der Waals surface area contributed by atoms with Crippen molar-refractivity contribution in [2.24, 2.45) is 0 Å². The molecule has 1 aliphatic heterocycles. The molecule has 4 nitrogen and oxygen atoms in total. The molecular formula is C7H14N2O2. The number of nitrogens with zero attached hydrogens (tertiary/aromatic N) is 1. The Balaban J connectivity index is 2.56. The molecule has 0 amide bonds. The second kappa shape index (κ2) is 3.80. The Morgan fingerprint density at radius 3 is 3.00 bits per heavy atom. The lowest BCUT2D eigenvalue weighted by Gasteiger charge is -2.31. The molecule has 0 aliphatic carbocycles. The molecule has 4 heteroatoms. The first-order valence-electron chi connectivity index (χ1n) is 3.98. The minimum absolute atomic E-state index is 0.131. The zero-order valence-corrected chi connectivity index (χ0v) is 6.71. The third-order valence-corrected chi connectivity index (χ3v) is 2.09. The van der Waals surface area contributed by atoms with Gasteiger partial charge in [-0.2, -0.15) is 0 Å². The predicted octanol–water partition coefficient (Wildman–Crippen LogP) is 0.324. The quantitative estimate of drug-likeness (QED) is 0.568. The molecule has 11 heavy (non-hydrogen) atoms. The number of rotatable bonds is 2. The molecule has 1 aliphatic rings. The monoisotopic (exact) mass is 158 g/mol. The summed E-state index contributed by atoms with van der Waals surface area (Å²) in [6.45, 7) is 2.69. The van der Waals surface area contributed by atoms with Crippen LogP contribution in [0.15, 0.2) is 0 Å². The summed E-state index contributed by atoms with van der Waals surface area (Å²) in [6, 6.07) is -0.131. The number of hydrogen-bond donors (Lipinski definition) is 2. The van der Waals surface area contributed by atoms with Gasteiger partial charge in [0.2, 0.25) is 0 Å². The van der Waals surface area contributed by atoms with Gasteiger partial charge in [0.1, 0.15) is 0 Å². The highest BCUT2D eigenvalue weighted by Gasteiger charge is 2.27. The van der Waals surface area contributed by atoms with Crippen molar-refractivity contribution in [3.63, 3.8) is 0 Å². The Labute approximate surface area is 66.1 Å². The van der Waals surface area contributed by atoms with E-state index >= 15 is 0 Å². The summed E-state index contributed by atoms with van der Waals surface area (Å²) in [6.07, 6.45) is 2.24. The molecule has 1 saturated heterocycles. The van der Waals surface area contributed by atoms with E-state index in [1.165, 1.54) is 0 Å². The smallest absolute Gasteiger partial charge is 0.151 e. The molecule has 1 atom stereocenters. The summed E-state index contributed by atoms with van der Waals surface area (Å²) in [4.78, 5) is 11.2. The van der Waals surface area contributed by atoms with Crippen LogP contribution in [0.2, 0.25) is 0 Å². The summed E-state index contributed by atoms with van der Waals surface area (Å²) in [5, 5.41) is 10.2. The van der Waals surface area contributed by atoms with Gasteiger partial charge >= 0.3 is 0 Å². The van der Waals surface area contributed by atoms with E-state index in [-0.39, 0.29) is 11.8 Å². The van der Waals surface area contributed by atoms with Crippen molar-refractivity contribution in [2.75, 3.05) is 6.54 Å². The van der Waals surface area contributed by atoms with Gasteiger partial charge in [-0.3, -0.25) is 4.79 Å². The van der Waals surface area contributed by atoms with Crippen molar-refractivity contribution < 1.29 is 10.0 Å². The predicted molar refractivity (Wildman–Crippen MR) is 39.9 cm³/mol. The summed E-state index contributed by atoms with van der Waals surface area (Å²) >= 11 is 0. The Kier molecular flexibility index (Phi) is 2.99. The van der Waals surface area contributed by atoms with Gasteiger partial charge in [-0.25, -0.2) is 5.01 Å². The highest BCUT2D eigenvalue weighted by Crippen LogP contribution is 2.13. The van der Waals surface area contributed by atoms with Gasteiger partial charge in [0.25, 0.3) is 0 Å². The van der Waals surface area contributed by atoms with E-state index in [0.717, 1.165) is 19.4 Å². The largest absolute Gasteiger partial charge is 0.302 e. The molecule has 0 spiro atoms. The third-order valence-electron chi connectivity index (χ3n) is 2.09. The number of Topliss-reactive ketones (excluding diaryl/α,β-unsaturated/α-hetero) is 1. The minimum atomic E-state index is -0.131. The first kappa shape index (κ1) is 8.64. The fourth-order valence-electron chi connectivity index (χ4n) is 1.49. The van der Waals surface area contributed by atoms with Crippen LogP contribution < -0.4 is 5.59 Å². The van der Waals surface area contributed by atoms with Crippen molar-refractivity contribution in [3.05, 3.63) is 0 Å². The van der Waals surface area contributed by atoms with Crippen molar-refractivity contribution in [1.29, 1.82) is 0 Å². The molecule has 1 fully saturated rings. The molecule has 64 valence electrons. The summed E-state index contributed by atoms with van der Waals surface area (Å²) in [7, 11) is 0. The lowest BCUT2D eigenvalue weighted by molar-refractivity contribution is -0.137. The third kappa shape index (κ3) is 1.77. The van der Waals surface area contributed by atoms with Gasteiger partial charge in [0, 0.05) is 13.0 Å². The van der Waals surface area contributed by atoms with Gasteiger partial charge in [-0.1, -0.05) is 6.92 Å². The topological polar surface area (TPSA) is 52.6 Å². The number of piperidine rings is 1. The van der Waals surface area contributed by atoms with E-state index in [4.69, 9.17) is 5.21 Å². The molecule has 1 rings (SSSR count).